The standard InChI is InChI=1S/C19H14ClN3O4S/c1-26-14-6-3-10(7-15(14)27-2)17(24)22-12-9-21-19-23(18(12)25)13-5-4-11(20)8-16(13)28-19/h3-9H,1-2H3,(H,22,24). The van der Waals surface area contributed by atoms with Gasteiger partial charge in [0.05, 0.1) is 30.6 Å². The molecule has 4 rings (SSSR count). The Balaban J connectivity index is 1.74. The number of amides is 1. The van der Waals surface area contributed by atoms with Gasteiger partial charge in [-0.2, -0.15) is 0 Å². The van der Waals surface area contributed by atoms with Gasteiger partial charge in [0.2, 0.25) is 0 Å². The molecule has 2 aromatic carbocycles. The predicted molar refractivity (Wildman–Crippen MR) is 109 cm³/mol. The van der Waals surface area contributed by atoms with Crippen LogP contribution in [0.3, 0.4) is 0 Å². The first-order valence-electron chi connectivity index (χ1n) is 8.15. The van der Waals surface area contributed by atoms with Gasteiger partial charge in [0.15, 0.2) is 16.5 Å². The predicted octanol–water partition coefficient (Wildman–Crippen LogP) is 3.83. The quantitative estimate of drug-likeness (QED) is 0.547. The van der Waals surface area contributed by atoms with E-state index in [1.165, 1.54) is 36.2 Å². The Morgan fingerprint density at radius 1 is 1.14 bits per heavy atom. The van der Waals surface area contributed by atoms with E-state index in [-0.39, 0.29) is 11.2 Å². The van der Waals surface area contributed by atoms with Gasteiger partial charge in [-0.1, -0.05) is 22.9 Å². The molecule has 0 fully saturated rings. The summed E-state index contributed by atoms with van der Waals surface area (Å²) in [5.41, 5.74) is 0.715. The van der Waals surface area contributed by atoms with E-state index < -0.39 is 5.91 Å². The number of methoxy groups -OCH3 is 2. The molecule has 0 aliphatic rings. The largest absolute Gasteiger partial charge is 0.493 e. The average molecular weight is 416 g/mol. The lowest BCUT2D eigenvalue weighted by Crippen LogP contribution is -2.22. The number of ether oxygens (including phenoxy) is 2. The van der Waals surface area contributed by atoms with Crippen LogP contribution in [0.1, 0.15) is 10.4 Å². The highest BCUT2D eigenvalue weighted by molar-refractivity contribution is 7.23. The van der Waals surface area contributed by atoms with E-state index in [4.69, 9.17) is 21.1 Å². The molecule has 7 nitrogen and oxygen atoms in total. The van der Waals surface area contributed by atoms with Crippen molar-refractivity contribution in [2.24, 2.45) is 0 Å². The minimum atomic E-state index is -0.456. The highest BCUT2D eigenvalue weighted by Gasteiger charge is 2.15. The Kier molecular flexibility index (Phi) is 4.66. The van der Waals surface area contributed by atoms with Crippen LogP contribution in [0, 0.1) is 0 Å². The zero-order valence-electron chi connectivity index (χ0n) is 14.9. The number of carbonyl (C=O) groups is 1. The number of nitrogens with zero attached hydrogens (tertiary/aromatic N) is 2. The van der Waals surface area contributed by atoms with Crippen LogP contribution in [0.5, 0.6) is 11.5 Å². The molecule has 2 heterocycles. The highest BCUT2D eigenvalue weighted by Crippen LogP contribution is 2.29. The lowest BCUT2D eigenvalue weighted by atomic mass is 10.2. The van der Waals surface area contributed by atoms with Gasteiger partial charge in [0, 0.05) is 10.6 Å². The van der Waals surface area contributed by atoms with Gasteiger partial charge in [-0.15, -0.1) is 0 Å². The molecular weight excluding hydrogens is 402 g/mol. The summed E-state index contributed by atoms with van der Waals surface area (Å²) in [6.07, 6.45) is 1.35. The number of hydrogen-bond donors (Lipinski definition) is 1. The molecule has 0 saturated carbocycles. The minimum Gasteiger partial charge on any atom is -0.493 e. The van der Waals surface area contributed by atoms with E-state index in [0.717, 1.165) is 4.70 Å². The van der Waals surface area contributed by atoms with Crippen molar-refractivity contribution in [2.45, 2.75) is 0 Å². The van der Waals surface area contributed by atoms with Gasteiger partial charge >= 0.3 is 0 Å². The van der Waals surface area contributed by atoms with Crippen LogP contribution in [0.2, 0.25) is 5.02 Å². The fourth-order valence-electron chi connectivity index (χ4n) is 2.83. The average Bonchev–Trinajstić information content (AvgIpc) is 3.07. The zero-order valence-corrected chi connectivity index (χ0v) is 16.4. The topological polar surface area (TPSA) is 81.9 Å². The van der Waals surface area contributed by atoms with Crippen LogP contribution in [0.15, 0.2) is 47.4 Å². The fraction of sp³-hybridized carbons (Fsp3) is 0.105. The molecule has 0 aliphatic heterocycles. The summed E-state index contributed by atoms with van der Waals surface area (Å²) >= 11 is 7.37. The molecular formula is C19H14ClN3O4S. The lowest BCUT2D eigenvalue weighted by molar-refractivity contribution is 0.102. The molecule has 2 aromatic heterocycles. The normalized spacial score (nSPS) is 11.0. The Hall–Kier alpha value is -3.10. The van der Waals surface area contributed by atoms with Crippen LogP contribution in [-0.2, 0) is 0 Å². The number of carbonyl (C=O) groups excluding carboxylic acids is 1. The SMILES string of the molecule is COc1ccc(C(=O)Nc2cnc3sc4cc(Cl)ccc4n3c2=O)cc1OC. The lowest BCUT2D eigenvalue weighted by Gasteiger charge is -2.10. The third-order valence-electron chi connectivity index (χ3n) is 4.19. The first-order chi connectivity index (χ1) is 13.5. The maximum Gasteiger partial charge on any atom is 0.282 e. The maximum absolute atomic E-state index is 12.9. The number of fused-ring (bicyclic) bond motifs is 3. The number of hydrogen-bond acceptors (Lipinski definition) is 6. The van der Waals surface area contributed by atoms with Crippen molar-refractivity contribution >= 4 is 49.7 Å². The van der Waals surface area contributed by atoms with Crippen molar-refractivity contribution in [3.05, 3.63) is 63.5 Å². The number of rotatable bonds is 4. The van der Waals surface area contributed by atoms with E-state index in [9.17, 15) is 9.59 Å². The molecule has 1 N–H and O–H groups in total. The van der Waals surface area contributed by atoms with E-state index in [1.807, 2.05) is 0 Å². The maximum atomic E-state index is 12.9. The molecule has 9 heteroatoms. The van der Waals surface area contributed by atoms with Crippen LogP contribution >= 0.6 is 22.9 Å². The molecule has 0 aliphatic carbocycles. The minimum absolute atomic E-state index is 0.0759. The van der Waals surface area contributed by atoms with Crippen LogP contribution in [0.4, 0.5) is 5.69 Å². The number of benzene rings is 2. The zero-order chi connectivity index (χ0) is 19.8. The van der Waals surface area contributed by atoms with E-state index in [2.05, 4.69) is 10.3 Å². The molecule has 1 amide bonds. The van der Waals surface area contributed by atoms with Crippen molar-refractivity contribution in [2.75, 3.05) is 19.5 Å². The van der Waals surface area contributed by atoms with Gasteiger partial charge in [0.1, 0.15) is 5.69 Å². The molecule has 0 saturated heterocycles. The number of thiazole rings is 1. The second-order valence-electron chi connectivity index (χ2n) is 5.83. The summed E-state index contributed by atoms with van der Waals surface area (Å²) in [7, 11) is 3.00. The number of aromatic nitrogens is 2. The van der Waals surface area contributed by atoms with E-state index in [1.54, 1.807) is 36.4 Å². The third-order valence-corrected chi connectivity index (χ3v) is 5.44. The molecule has 4 aromatic rings. The second kappa shape index (κ2) is 7.14. The first-order valence-corrected chi connectivity index (χ1v) is 9.34. The van der Waals surface area contributed by atoms with Crippen molar-refractivity contribution in [3.63, 3.8) is 0 Å². The van der Waals surface area contributed by atoms with Crippen molar-refractivity contribution in [1.29, 1.82) is 0 Å². The van der Waals surface area contributed by atoms with Crippen LogP contribution in [-0.4, -0.2) is 29.5 Å². The Bertz CT molecular complexity index is 1280. The fourth-order valence-corrected chi connectivity index (χ4v) is 4.10. The summed E-state index contributed by atoms with van der Waals surface area (Å²) in [6.45, 7) is 0. The van der Waals surface area contributed by atoms with E-state index in [0.29, 0.717) is 32.6 Å². The van der Waals surface area contributed by atoms with E-state index >= 15 is 0 Å². The van der Waals surface area contributed by atoms with Crippen molar-refractivity contribution in [1.82, 2.24) is 9.38 Å². The summed E-state index contributed by atoms with van der Waals surface area (Å²) in [4.78, 5) is 30.3. The summed E-state index contributed by atoms with van der Waals surface area (Å²) in [5.74, 6) is 0.467. The molecule has 0 spiro atoms. The highest BCUT2D eigenvalue weighted by atomic mass is 35.5. The smallest absolute Gasteiger partial charge is 0.282 e. The molecule has 0 radical (unpaired) electrons. The summed E-state index contributed by atoms with van der Waals surface area (Å²) in [5, 5.41) is 3.20. The number of anilines is 1. The summed E-state index contributed by atoms with van der Waals surface area (Å²) in [6, 6.07) is 9.99. The van der Waals surface area contributed by atoms with Gasteiger partial charge in [-0.05, 0) is 36.4 Å². The molecule has 0 bridgehead atoms. The van der Waals surface area contributed by atoms with Crippen LogP contribution in [0.25, 0.3) is 15.2 Å². The van der Waals surface area contributed by atoms with Crippen molar-refractivity contribution < 1.29 is 14.3 Å². The third kappa shape index (κ3) is 3.06. The Morgan fingerprint density at radius 3 is 2.68 bits per heavy atom. The van der Waals surface area contributed by atoms with Gasteiger partial charge < -0.3 is 14.8 Å². The number of halogens is 1. The summed E-state index contributed by atoms with van der Waals surface area (Å²) < 4.78 is 12.7. The van der Waals surface area contributed by atoms with Gasteiger partial charge in [0.25, 0.3) is 11.5 Å². The monoisotopic (exact) mass is 415 g/mol. The second-order valence-corrected chi connectivity index (χ2v) is 7.28. The molecule has 0 unspecified atom stereocenters. The molecule has 142 valence electrons. The van der Waals surface area contributed by atoms with Crippen molar-refractivity contribution in [3.8, 4) is 11.5 Å². The van der Waals surface area contributed by atoms with Gasteiger partial charge in [-0.25, -0.2) is 9.38 Å². The molecule has 28 heavy (non-hydrogen) atoms. The van der Waals surface area contributed by atoms with Crippen LogP contribution < -0.4 is 20.3 Å². The first kappa shape index (κ1) is 18.3. The molecule has 0 atom stereocenters. The van der Waals surface area contributed by atoms with Gasteiger partial charge in [-0.3, -0.25) is 9.59 Å². The number of nitrogens with one attached hydrogen (secondary N) is 1. The Labute approximate surface area is 168 Å². The Morgan fingerprint density at radius 2 is 1.93 bits per heavy atom.